The van der Waals surface area contributed by atoms with E-state index in [2.05, 4.69) is 22.8 Å². The molecule has 0 bridgehead atoms. The number of rotatable bonds is 5. The lowest BCUT2D eigenvalue weighted by Crippen LogP contribution is -2.28. The Morgan fingerprint density at radius 2 is 1.62 bits per heavy atom. The maximum absolute atomic E-state index is 10.7. The van der Waals surface area contributed by atoms with Gasteiger partial charge in [0.1, 0.15) is 0 Å². The molecular weight excluding hydrogens is 174 g/mol. The Balaban J connectivity index is 4.02. The predicted octanol–water partition coefficient (Wildman–Crippen LogP) is 0.597. The van der Waals surface area contributed by atoms with Crippen LogP contribution < -0.4 is 0 Å². The second-order valence-corrected chi connectivity index (χ2v) is 1.88. The molecule has 0 saturated carbocycles. The van der Waals surface area contributed by atoms with Crippen LogP contribution in [0.5, 0.6) is 0 Å². The molecule has 0 aromatic heterocycles. The summed E-state index contributed by atoms with van der Waals surface area (Å²) in [5.74, 6) is -1.39. The van der Waals surface area contributed by atoms with Gasteiger partial charge in [-0.15, -0.1) is 0 Å². The van der Waals surface area contributed by atoms with E-state index in [9.17, 15) is 9.59 Å². The van der Waals surface area contributed by atoms with Gasteiger partial charge in [0, 0.05) is 17.4 Å². The molecule has 0 fully saturated rings. The fourth-order valence-electron chi connectivity index (χ4n) is 0.423. The molecule has 0 heterocycles. The Labute approximate surface area is 76.1 Å². The standard InChI is InChI=1S/C8H11NO4/c1-4-7(10)12-9(6-3)13-8(11)5-2/h4-5H,1-2,6H2,3H3. The van der Waals surface area contributed by atoms with Gasteiger partial charge in [-0.1, -0.05) is 13.2 Å². The van der Waals surface area contributed by atoms with Crippen molar-refractivity contribution in [2.45, 2.75) is 6.92 Å². The van der Waals surface area contributed by atoms with Gasteiger partial charge < -0.3 is 9.68 Å². The van der Waals surface area contributed by atoms with Crippen LogP contribution in [0.25, 0.3) is 0 Å². The zero-order valence-corrected chi connectivity index (χ0v) is 7.36. The summed E-state index contributed by atoms with van der Waals surface area (Å²) in [6.45, 7) is 8.24. The Kier molecular flexibility index (Phi) is 5.22. The van der Waals surface area contributed by atoms with Crippen LogP contribution in [-0.2, 0) is 19.3 Å². The summed E-state index contributed by atoms with van der Waals surface area (Å²) in [5, 5.41) is 0.744. The second-order valence-electron chi connectivity index (χ2n) is 1.88. The van der Waals surface area contributed by atoms with Crippen molar-refractivity contribution in [2.75, 3.05) is 6.54 Å². The molecular formula is C8H11NO4. The van der Waals surface area contributed by atoms with Crippen molar-refractivity contribution >= 4 is 11.9 Å². The number of nitrogens with zero attached hydrogens (tertiary/aromatic N) is 1. The van der Waals surface area contributed by atoms with Gasteiger partial charge in [-0.2, -0.15) is 0 Å². The third-order valence-corrected chi connectivity index (χ3v) is 0.975. The van der Waals surface area contributed by atoms with Crippen LogP contribution in [0.15, 0.2) is 25.3 Å². The molecule has 0 aliphatic heterocycles. The van der Waals surface area contributed by atoms with Crippen LogP contribution >= 0.6 is 0 Å². The molecule has 0 aliphatic carbocycles. The van der Waals surface area contributed by atoms with Crippen LogP contribution in [0.1, 0.15) is 6.92 Å². The molecule has 0 saturated heterocycles. The predicted molar refractivity (Wildman–Crippen MR) is 45.0 cm³/mol. The molecule has 0 aromatic carbocycles. The van der Waals surface area contributed by atoms with E-state index in [-0.39, 0.29) is 6.54 Å². The van der Waals surface area contributed by atoms with E-state index in [1.54, 1.807) is 6.92 Å². The molecule has 5 nitrogen and oxygen atoms in total. The lowest BCUT2D eigenvalue weighted by atomic mass is 10.7. The fraction of sp³-hybridized carbons (Fsp3) is 0.250. The quantitative estimate of drug-likeness (QED) is 0.463. The lowest BCUT2D eigenvalue weighted by molar-refractivity contribution is -0.317. The third-order valence-electron chi connectivity index (χ3n) is 0.975. The van der Waals surface area contributed by atoms with Crippen molar-refractivity contribution in [3.63, 3.8) is 0 Å². The first-order chi connectivity index (χ1) is 6.13. The highest BCUT2D eigenvalue weighted by molar-refractivity contribution is 5.82. The molecule has 0 aromatic rings. The summed E-state index contributed by atoms with van der Waals surface area (Å²) in [6, 6.07) is 0. The van der Waals surface area contributed by atoms with Gasteiger partial charge in [0.05, 0.1) is 6.54 Å². The van der Waals surface area contributed by atoms with Crippen LogP contribution in [0, 0.1) is 0 Å². The summed E-state index contributed by atoms with van der Waals surface area (Å²) < 4.78 is 0. The van der Waals surface area contributed by atoms with Gasteiger partial charge in [-0.25, -0.2) is 9.59 Å². The summed E-state index contributed by atoms with van der Waals surface area (Å²) >= 11 is 0. The van der Waals surface area contributed by atoms with Gasteiger partial charge in [0.2, 0.25) is 0 Å². The first kappa shape index (κ1) is 11.4. The number of hydrogen-bond donors (Lipinski definition) is 0. The van der Waals surface area contributed by atoms with Gasteiger partial charge in [0.15, 0.2) is 0 Å². The molecule has 5 heteroatoms. The molecule has 0 spiro atoms. The van der Waals surface area contributed by atoms with Gasteiger partial charge in [0.25, 0.3) is 0 Å². The van der Waals surface area contributed by atoms with E-state index in [4.69, 9.17) is 0 Å². The van der Waals surface area contributed by atoms with Crippen molar-refractivity contribution in [1.82, 2.24) is 5.23 Å². The molecule has 0 radical (unpaired) electrons. The Morgan fingerprint density at radius 3 is 1.85 bits per heavy atom. The molecule has 0 N–H and O–H groups in total. The molecule has 72 valence electrons. The van der Waals surface area contributed by atoms with Crippen molar-refractivity contribution in [3.8, 4) is 0 Å². The van der Waals surface area contributed by atoms with E-state index in [1.807, 2.05) is 0 Å². The lowest BCUT2D eigenvalue weighted by Gasteiger charge is -2.15. The Bertz CT molecular complexity index is 202. The number of hydroxylamine groups is 2. The fourth-order valence-corrected chi connectivity index (χ4v) is 0.423. The molecule has 0 atom stereocenters. The normalized spacial score (nSPS) is 9.08. The monoisotopic (exact) mass is 185 g/mol. The summed E-state index contributed by atoms with van der Waals surface area (Å²) in [6.07, 6.45) is 1.93. The van der Waals surface area contributed by atoms with E-state index in [0.717, 1.165) is 17.4 Å². The van der Waals surface area contributed by atoms with E-state index in [1.165, 1.54) is 0 Å². The average molecular weight is 185 g/mol. The molecule has 13 heavy (non-hydrogen) atoms. The Morgan fingerprint density at radius 1 is 1.23 bits per heavy atom. The Hall–Kier alpha value is -1.62. The summed E-state index contributed by atoms with van der Waals surface area (Å²) in [4.78, 5) is 30.3. The largest absolute Gasteiger partial charge is 0.352 e. The maximum Gasteiger partial charge on any atom is 0.352 e. The second kappa shape index (κ2) is 5.96. The highest BCUT2D eigenvalue weighted by Gasteiger charge is 2.10. The highest BCUT2D eigenvalue weighted by Crippen LogP contribution is 1.94. The third kappa shape index (κ3) is 4.76. The summed E-state index contributed by atoms with van der Waals surface area (Å²) in [7, 11) is 0. The molecule has 0 amide bonds. The number of carbonyl (C=O) groups is 2. The van der Waals surface area contributed by atoms with E-state index in [0.29, 0.717) is 0 Å². The average Bonchev–Trinajstić information content (AvgIpc) is 2.16. The first-order valence-electron chi connectivity index (χ1n) is 3.60. The van der Waals surface area contributed by atoms with Crippen molar-refractivity contribution in [1.29, 1.82) is 0 Å². The van der Waals surface area contributed by atoms with Crippen LogP contribution in [0.4, 0.5) is 0 Å². The number of hydrogen-bond acceptors (Lipinski definition) is 5. The minimum Gasteiger partial charge on any atom is -0.329 e. The molecule has 0 unspecified atom stereocenters. The highest BCUT2D eigenvalue weighted by atomic mass is 17.0. The van der Waals surface area contributed by atoms with Crippen LogP contribution in [0.3, 0.4) is 0 Å². The van der Waals surface area contributed by atoms with E-state index >= 15 is 0 Å². The van der Waals surface area contributed by atoms with Gasteiger partial charge in [-0.3, -0.25) is 0 Å². The van der Waals surface area contributed by atoms with Crippen LogP contribution in [0.2, 0.25) is 0 Å². The van der Waals surface area contributed by atoms with Crippen molar-refractivity contribution < 1.29 is 19.3 Å². The zero-order chi connectivity index (χ0) is 10.3. The first-order valence-corrected chi connectivity index (χ1v) is 3.60. The zero-order valence-electron chi connectivity index (χ0n) is 7.36. The topological polar surface area (TPSA) is 55.8 Å². The van der Waals surface area contributed by atoms with E-state index < -0.39 is 11.9 Å². The number of carbonyl (C=O) groups excluding carboxylic acids is 2. The van der Waals surface area contributed by atoms with Gasteiger partial charge in [-0.05, 0) is 6.92 Å². The minimum atomic E-state index is -0.696. The van der Waals surface area contributed by atoms with Crippen molar-refractivity contribution in [2.24, 2.45) is 0 Å². The van der Waals surface area contributed by atoms with Crippen molar-refractivity contribution in [3.05, 3.63) is 25.3 Å². The maximum atomic E-state index is 10.7. The van der Waals surface area contributed by atoms with Crippen LogP contribution in [-0.4, -0.2) is 23.7 Å². The summed E-state index contributed by atoms with van der Waals surface area (Å²) in [5.41, 5.74) is 0. The molecule has 0 rings (SSSR count). The minimum absolute atomic E-state index is 0.221. The SMILES string of the molecule is C=CC(=O)ON(CC)OC(=O)C=C. The molecule has 0 aliphatic rings. The smallest absolute Gasteiger partial charge is 0.329 e. The van der Waals surface area contributed by atoms with Gasteiger partial charge >= 0.3 is 11.9 Å².